The largest absolute Gasteiger partial charge is 0.457 e. The Hall–Kier alpha value is -1.00. The average molecular weight is 253 g/mol. The Morgan fingerprint density at radius 3 is 2.65 bits per heavy atom. The van der Waals surface area contributed by atoms with Crippen LogP contribution in [0, 0.1) is 0 Å². The summed E-state index contributed by atoms with van der Waals surface area (Å²) in [5, 5.41) is 0. The maximum atomic E-state index is 11.7. The SMILES string of the molecule is CSCC[C@H](N)C(=O)OC(C)c1ccccc1. The zero-order valence-electron chi connectivity index (χ0n) is 10.3. The van der Waals surface area contributed by atoms with Crippen LogP contribution in [0.4, 0.5) is 0 Å². The van der Waals surface area contributed by atoms with Gasteiger partial charge >= 0.3 is 5.97 Å². The Morgan fingerprint density at radius 1 is 1.41 bits per heavy atom. The number of hydrogen-bond acceptors (Lipinski definition) is 4. The first-order valence-electron chi connectivity index (χ1n) is 5.65. The maximum Gasteiger partial charge on any atom is 0.323 e. The molecular weight excluding hydrogens is 234 g/mol. The van der Waals surface area contributed by atoms with Crippen LogP contribution in [0.5, 0.6) is 0 Å². The van der Waals surface area contributed by atoms with E-state index in [9.17, 15) is 4.79 Å². The minimum Gasteiger partial charge on any atom is -0.457 e. The fraction of sp³-hybridized carbons (Fsp3) is 0.462. The highest BCUT2D eigenvalue weighted by Gasteiger charge is 2.18. The second kappa shape index (κ2) is 7.35. The molecule has 1 rings (SSSR count). The molecule has 1 unspecified atom stereocenters. The van der Waals surface area contributed by atoms with Gasteiger partial charge in [-0.2, -0.15) is 11.8 Å². The third kappa shape index (κ3) is 4.79. The highest BCUT2D eigenvalue weighted by Crippen LogP contribution is 2.16. The van der Waals surface area contributed by atoms with Gasteiger partial charge in [-0.25, -0.2) is 0 Å². The number of esters is 1. The Kier molecular flexibility index (Phi) is 6.08. The summed E-state index contributed by atoms with van der Waals surface area (Å²) >= 11 is 1.67. The number of thioether (sulfide) groups is 1. The van der Waals surface area contributed by atoms with E-state index in [-0.39, 0.29) is 12.1 Å². The average Bonchev–Trinajstić information content (AvgIpc) is 2.36. The lowest BCUT2D eigenvalue weighted by Crippen LogP contribution is -2.33. The van der Waals surface area contributed by atoms with Crippen LogP contribution in [-0.4, -0.2) is 24.0 Å². The van der Waals surface area contributed by atoms with Crippen molar-refractivity contribution in [3.63, 3.8) is 0 Å². The summed E-state index contributed by atoms with van der Waals surface area (Å²) in [5.74, 6) is 0.547. The molecule has 1 aromatic rings. The van der Waals surface area contributed by atoms with Crippen molar-refractivity contribution in [3.05, 3.63) is 35.9 Å². The molecule has 94 valence electrons. The predicted molar refractivity (Wildman–Crippen MR) is 71.9 cm³/mol. The first kappa shape index (κ1) is 14.1. The van der Waals surface area contributed by atoms with Crippen LogP contribution in [0.2, 0.25) is 0 Å². The smallest absolute Gasteiger partial charge is 0.323 e. The van der Waals surface area contributed by atoms with Gasteiger partial charge in [0.2, 0.25) is 0 Å². The number of ether oxygens (including phenoxy) is 1. The van der Waals surface area contributed by atoms with Crippen molar-refractivity contribution in [2.75, 3.05) is 12.0 Å². The molecule has 0 radical (unpaired) electrons. The van der Waals surface area contributed by atoms with Crippen LogP contribution in [0.1, 0.15) is 25.0 Å². The van der Waals surface area contributed by atoms with Crippen LogP contribution in [0.25, 0.3) is 0 Å². The van der Waals surface area contributed by atoms with Gasteiger partial charge in [-0.05, 0) is 30.9 Å². The van der Waals surface area contributed by atoms with Crippen LogP contribution in [0.3, 0.4) is 0 Å². The number of carbonyl (C=O) groups excluding carboxylic acids is 1. The Labute approximate surface area is 107 Å². The monoisotopic (exact) mass is 253 g/mol. The Bertz CT molecular complexity index is 343. The topological polar surface area (TPSA) is 52.3 Å². The molecule has 0 heterocycles. The molecule has 0 spiro atoms. The Morgan fingerprint density at radius 2 is 2.06 bits per heavy atom. The number of hydrogen-bond donors (Lipinski definition) is 1. The van der Waals surface area contributed by atoms with E-state index in [0.717, 1.165) is 11.3 Å². The van der Waals surface area contributed by atoms with Crippen molar-refractivity contribution >= 4 is 17.7 Å². The fourth-order valence-corrected chi connectivity index (χ4v) is 1.91. The minimum absolute atomic E-state index is 0.246. The molecule has 2 atom stereocenters. The first-order chi connectivity index (χ1) is 8.15. The van der Waals surface area contributed by atoms with Crippen molar-refractivity contribution in [1.29, 1.82) is 0 Å². The van der Waals surface area contributed by atoms with E-state index in [1.807, 2.05) is 43.5 Å². The molecule has 0 aromatic heterocycles. The van der Waals surface area contributed by atoms with Crippen LogP contribution in [0.15, 0.2) is 30.3 Å². The van der Waals surface area contributed by atoms with Gasteiger partial charge in [0.05, 0.1) is 0 Å². The van der Waals surface area contributed by atoms with Gasteiger partial charge in [-0.1, -0.05) is 30.3 Å². The van der Waals surface area contributed by atoms with E-state index in [2.05, 4.69) is 0 Å². The molecule has 3 nitrogen and oxygen atoms in total. The molecule has 1 aromatic carbocycles. The molecule has 0 bridgehead atoms. The fourth-order valence-electron chi connectivity index (χ4n) is 1.42. The third-order valence-electron chi connectivity index (χ3n) is 2.50. The Balaban J connectivity index is 2.46. The predicted octanol–water partition coefficient (Wildman–Crippen LogP) is 2.37. The molecule has 4 heteroatoms. The number of carbonyl (C=O) groups is 1. The third-order valence-corrected chi connectivity index (χ3v) is 3.14. The molecular formula is C13H19NO2S. The van der Waals surface area contributed by atoms with E-state index < -0.39 is 6.04 Å². The van der Waals surface area contributed by atoms with Gasteiger partial charge in [0.15, 0.2) is 0 Å². The van der Waals surface area contributed by atoms with Crippen LogP contribution < -0.4 is 5.73 Å². The molecule has 0 saturated heterocycles. The van der Waals surface area contributed by atoms with Gasteiger partial charge in [-0.3, -0.25) is 4.79 Å². The van der Waals surface area contributed by atoms with Crippen molar-refractivity contribution in [2.24, 2.45) is 5.73 Å². The zero-order valence-corrected chi connectivity index (χ0v) is 11.1. The molecule has 0 saturated carbocycles. The van der Waals surface area contributed by atoms with Gasteiger partial charge in [0.25, 0.3) is 0 Å². The second-order valence-corrected chi connectivity index (χ2v) is 4.86. The van der Waals surface area contributed by atoms with Gasteiger partial charge in [-0.15, -0.1) is 0 Å². The summed E-state index contributed by atoms with van der Waals surface area (Å²) in [4.78, 5) is 11.7. The summed E-state index contributed by atoms with van der Waals surface area (Å²) in [6, 6.07) is 9.13. The summed E-state index contributed by atoms with van der Waals surface area (Å²) < 4.78 is 5.32. The maximum absolute atomic E-state index is 11.7. The number of rotatable bonds is 6. The number of benzene rings is 1. The summed E-state index contributed by atoms with van der Waals surface area (Å²) in [6.07, 6.45) is 2.40. The molecule has 0 aliphatic carbocycles. The van der Waals surface area contributed by atoms with Crippen molar-refractivity contribution in [2.45, 2.75) is 25.5 Å². The highest BCUT2D eigenvalue weighted by molar-refractivity contribution is 7.98. The normalized spacial score (nSPS) is 14.1. The van der Waals surface area contributed by atoms with Crippen molar-refractivity contribution in [3.8, 4) is 0 Å². The van der Waals surface area contributed by atoms with Crippen LogP contribution >= 0.6 is 11.8 Å². The lowest BCUT2D eigenvalue weighted by Gasteiger charge is -2.16. The van der Waals surface area contributed by atoms with Crippen LogP contribution in [-0.2, 0) is 9.53 Å². The summed E-state index contributed by atoms with van der Waals surface area (Å²) in [6.45, 7) is 1.86. The highest BCUT2D eigenvalue weighted by atomic mass is 32.2. The van der Waals surface area contributed by atoms with Gasteiger partial charge in [0, 0.05) is 0 Å². The first-order valence-corrected chi connectivity index (χ1v) is 7.04. The summed E-state index contributed by atoms with van der Waals surface area (Å²) in [7, 11) is 0. The molecule has 17 heavy (non-hydrogen) atoms. The van der Waals surface area contributed by atoms with E-state index in [0.29, 0.717) is 6.42 Å². The zero-order chi connectivity index (χ0) is 12.7. The lowest BCUT2D eigenvalue weighted by atomic mass is 10.1. The van der Waals surface area contributed by atoms with E-state index in [4.69, 9.17) is 10.5 Å². The van der Waals surface area contributed by atoms with E-state index >= 15 is 0 Å². The van der Waals surface area contributed by atoms with Gasteiger partial charge in [0.1, 0.15) is 12.1 Å². The molecule has 0 aliphatic rings. The molecule has 2 N–H and O–H groups in total. The quantitative estimate of drug-likeness (QED) is 0.791. The standard InChI is InChI=1S/C13H19NO2S/c1-10(11-6-4-3-5-7-11)16-13(15)12(14)8-9-17-2/h3-7,10,12H,8-9,14H2,1-2H3/t10?,12-/m0/s1. The molecule has 0 amide bonds. The summed E-state index contributed by atoms with van der Waals surface area (Å²) in [5.41, 5.74) is 6.73. The second-order valence-electron chi connectivity index (χ2n) is 3.88. The molecule has 0 aliphatic heterocycles. The van der Waals surface area contributed by atoms with Crippen molar-refractivity contribution < 1.29 is 9.53 Å². The van der Waals surface area contributed by atoms with Gasteiger partial charge < -0.3 is 10.5 Å². The lowest BCUT2D eigenvalue weighted by molar-refractivity contribution is -0.150. The van der Waals surface area contributed by atoms with E-state index in [1.165, 1.54) is 0 Å². The number of nitrogens with two attached hydrogens (primary N) is 1. The van der Waals surface area contributed by atoms with Crippen molar-refractivity contribution in [1.82, 2.24) is 0 Å². The van der Waals surface area contributed by atoms with E-state index in [1.54, 1.807) is 11.8 Å². The molecule has 0 fully saturated rings. The minimum atomic E-state index is -0.520.